The van der Waals surface area contributed by atoms with E-state index in [9.17, 15) is 9.59 Å². The summed E-state index contributed by atoms with van der Waals surface area (Å²) in [6, 6.07) is 18.0. The zero-order chi connectivity index (χ0) is 20.4. The average molecular weight is 404 g/mol. The minimum atomic E-state index is -0.0598. The molecule has 0 N–H and O–H groups in total. The summed E-state index contributed by atoms with van der Waals surface area (Å²) >= 11 is 1.76. The Morgan fingerprint density at radius 1 is 1.00 bits per heavy atom. The zero-order valence-electron chi connectivity index (χ0n) is 16.9. The number of hydrogen-bond acceptors (Lipinski definition) is 3. The first-order chi connectivity index (χ1) is 14.0. The molecular weight excluding hydrogens is 378 g/mol. The van der Waals surface area contributed by atoms with E-state index in [0.717, 1.165) is 17.5 Å². The van der Waals surface area contributed by atoms with E-state index in [1.54, 1.807) is 11.3 Å². The quantitative estimate of drug-likeness (QED) is 0.527. The number of thiophene rings is 1. The molecule has 1 aliphatic rings. The number of carbonyl (C=O) groups excluding carboxylic acids is 2. The van der Waals surface area contributed by atoms with E-state index in [2.05, 4.69) is 23.6 Å². The molecule has 1 unspecified atom stereocenters. The van der Waals surface area contributed by atoms with Crippen molar-refractivity contribution in [1.82, 2.24) is 4.90 Å². The standard InChI is InChI=1S/C25H25NO2S/c1-17-8-9-20(16-18(17)2)22(27)10-11-24(28)26-14-12-23-21(13-15-29-23)25(26)19-6-4-3-5-7-19/h3-9,13,15-16,25H,10-12,14H2,1-2H3. The number of carbonyl (C=O) groups is 2. The maximum atomic E-state index is 13.1. The lowest BCUT2D eigenvalue weighted by Gasteiger charge is -2.36. The number of fused-ring (bicyclic) bond motifs is 1. The molecule has 0 spiro atoms. The zero-order valence-corrected chi connectivity index (χ0v) is 17.7. The predicted octanol–water partition coefficient (Wildman–Crippen LogP) is 5.50. The molecule has 2 aromatic carbocycles. The van der Waals surface area contributed by atoms with Crippen LogP contribution >= 0.6 is 11.3 Å². The number of benzene rings is 2. The van der Waals surface area contributed by atoms with Crippen molar-refractivity contribution in [2.45, 2.75) is 39.2 Å². The monoisotopic (exact) mass is 403 g/mol. The highest BCUT2D eigenvalue weighted by Gasteiger charge is 2.32. The van der Waals surface area contributed by atoms with Crippen LogP contribution in [0.2, 0.25) is 0 Å². The van der Waals surface area contributed by atoms with Gasteiger partial charge in [-0.15, -0.1) is 11.3 Å². The molecule has 1 amide bonds. The first kappa shape index (κ1) is 19.6. The Bertz CT molecular complexity index is 1040. The number of hydrogen-bond donors (Lipinski definition) is 0. The van der Waals surface area contributed by atoms with Gasteiger partial charge in [0.05, 0.1) is 6.04 Å². The summed E-state index contributed by atoms with van der Waals surface area (Å²) in [5, 5.41) is 2.11. The second-order valence-electron chi connectivity index (χ2n) is 7.67. The van der Waals surface area contributed by atoms with Crippen molar-refractivity contribution in [2.75, 3.05) is 6.54 Å². The lowest BCUT2D eigenvalue weighted by molar-refractivity contribution is -0.133. The van der Waals surface area contributed by atoms with Crippen molar-refractivity contribution >= 4 is 23.0 Å². The maximum Gasteiger partial charge on any atom is 0.223 e. The molecule has 3 nitrogen and oxygen atoms in total. The van der Waals surface area contributed by atoms with E-state index in [-0.39, 0.29) is 30.6 Å². The molecular formula is C25H25NO2S. The third kappa shape index (κ3) is 4.03. The molecule has 0 fully saturated rings. The van der Waals surface area contributed by atoms with Crippen molar-refractivity contribution < 1.29 is 9.59 Å². The normalized spacial score (nSPS) is 15.8. The fourth-order valence-electron chi connectivity index (χ4n) is 4.00. The summed E-state index contributed by atoms with van der Waals surface area (Å²) in [5.41, 5.74) is 5.32. The van der Waals surface area contributed by atoms with Crippen LogP contribution in [-0.2, 0) is 11.2 Å². The highest BCUT2D eigenvalue weighted by molar-refractivity contribution is 7.10. The van der Waals surface area contributed by atoms with Crippen molar-refractivity contribution in [3.63, 3.8) is 0 Å². The second-order valence-corrected chi connectivity index (χ2v) is 8.67. The molecule has 0 aliphatic carbocycles. The van der Waals surface area contributed by atoms with Crippen LogP contribution in [0, 0.1) is 13.8 Å². The van der Waals surface area contributed by atoms with E-state index in [0.29, 0.717) is 12.1 Å². The molecule has 148 valence electrons. The van der Waals surface area contributed by atoms with E-state index < -0.39 is 0 Å². The maximum absolute atomic E-state index is 13.1. The fourth-order valence-corrected chi connectivity index (χ4v) is 4.91. The Hall–Kier alpha value is -2.72. The number of amides is 1. The highest BCUT2D eigenvalue weighted by Crippen LogP contribution is 2.38. The Labute approximate surface area is 176 Å². The van der Waals surface area contributed by atoms with E-state index in [1.165, 1.54) is 16.0 Å². The number of rotatable bonds is 5. The minimum absolute atomic E-state index is 0.0333. The van der Waals surface area contributed by atoms with Crippen LogP contribution < -0.4 is 0 Å². The molecule has 2 heterocycles. The van der Waals surface area contributed by atoms with Gasteiger partial charge >= 0.3 is 0 Å². The van der Waals surface area contributed by atoms with E-state index in [1.807, 2.05) is 55.1 Å². The number of aryl methyl sites for hydroxylation is 2. The molecule has 1 aromatic heterocycles. The second kappa shape index (κ2) is 8.34. The van der Waals surface area contributed by atoms with Crippen LogP contribution in [0.1, 0.15) is 56.4 Å². The molecule has 29 heavy (non-hydrogen) atoms. The fraction of sp³-hybridized carbons (Fsp3) is 0.280. The van der Waals surface area contributed by atoms with Crippen molar-refractivity contribution in [3.8, 4) is 0 Å². The lowest BCUT2D eigenvalue weighted by Crippen LogP contribution is -2.40. The van der Waals surface area contributed by atoms with Gasteiger partial charge in [0.1, 0.15) is 0 Å². The molecule has 1 aliphatic heterocycles. The molecule has 1 atom stereocenters. The van der Waals surface area contributed by atoms with Crippen LogP contribution in [-0.4, -0.2) is 23.1 Å². The van der Waals surface area contributed by atoms with Crippen molar-refractivity contribution in [3.05, 3.63) is 92.7 Å². The first-order valence-electron chi connectivity index (χ1n) is 10.1. The highest BCUT2D eigenvalue weighted by atomic mass is 32.1. The third-order valence-electron chi connectivity index (χ3n) is 5.80. The third-order valence-corrected chi connectivity index (χ3v) is 6.79. The minimum Gasteiger partial charge on any atom is -0.331 e. The van der Waals surface area contributed by atoms with Gasteiger partial charge in [0.2, 0.25) is 5.91 Å². The topological polar surface area (TPSA) is 37.4 Å². The average Bonchev–Trinajstić information content (AvgIpc) is 3.22. The summed E-state index contributed by atoms with van der Waals surface area (Å²) in [5.74, 6) is 0.0822. The number of nitrogens with zero attached hydrogens (tertiary/aromatic N) is 1. The van der Waals surface area contributed by atoms with Crippen molar-refractivity contribution in [1.29, 1.82) is 0 Å². The van der Waals surface area contributed by atoms with Gasteiger partial charge in [-0.1, -0.05) is 42.5 Å². The smallest absolute Gasteiger partial charge is 0.223 e. The summed E-state index contributed by atoms with van der Waals surface area (Å²) in [6.07, 6.45) is 1.37. The van der Waals surface area contributed by atoms with Gasteiger partial charge in [0, 0.05) is 29.8 Å². The molecule has 4 rings (SSSR count). The van der Waals surface area contributed by atoms with Crippen LogP contribution in [0.15, 0.2) is 60.0 Å². The molecule has 0 saturated heterocycles. The number of ketones is 1. The SMILES string of the molecule is Cc1ccc(C(=O)CCC(=O)N2CCc3sccc3C2c2ccccc2)cc1C. The van der Waals surface area contributed by atoms with Gasteiger partial charge in [-0.25, -0.2) is 0 Å². The predicted molar refractivity (Wildman–Crippen MR) is 118 cm³/mol. The van der Waals surface area contributed by atoms with E-state index in [4.69, 9.17) is 0 Å². The Kier molecular flexibility index (Phi) is 5.63. The largest absolute Gasteiger partial charge is 0.331 e. The first-order valence-corrected chi connectivity index (χ1v) is 10.9. The molecule has 0 saturated carbocycles. The van der Waals surface area contributed by atoms with Gasteiger partial charge < -0.3 is 4.90 Å². The molecule has 0 bridgehead atoms. The van der Waals surface area contributed by atoms with Crippen LogP contribution in [0.4, 0.5) is 0 Å². The van der Waals surface area contributed by atoms with E-state index >= 15 is 0 Å². The Morgan fingerprint density at radius 3 is 2.55 bits per heavy atom. The van der Waals surface area contributed by atoms with Gasteiger partial charge in [-0.3, -0.25) is 9.59 Å². The Balaban J connectivity index is 1.51. The van der Waals surface area contributed by atoms with Gasteiger partial charge in [-0.05, 0) is 60.0 Å². The van der Waals surface area contributed by atoms with Crippen LogP contribution in [0.25, 0.3) is 0 Å². The Morgan fingerprint density at radius 2 is 1.79 bits per heavy atom. The van der Waals surface area contributed by atoms with Gasteiger partial charge in [-0.2, -0.15) is 0 Å². The summed E-state index contributed by atoms with van der Waals surface area (Å²) in [4.78, 5) is 29.1. The molecule has 4 heteroatoms. The van der Waals surface area contributed by atoms with Gasteiger partial charge in [0.15, 0.2) is 5.78 Å². The summed E-state index contributed by atoms with van der Waals surface area (Å²) in [6.45, 7) is 4.74. The van der Waals surface area contributed by atoms with Crippen LogP contribution in [0.3, 0.4) is 0 Å². The molecule has 3 aromatic rings. The summed E-state index contributed by atoms with van der Waals surface area (Å²) in [7, 11) is 0. The summed E-state index contributed by atoms with van der Waals surface area (Å²) < 4.78 is 0. The molecule has 0 radical (unpaired) electrons. The van der Waals surface area contributed by atoms with Crippen LogP contribution in [0.5, 0.6) is 0 Å². The lowest BCUT2D eigenvalue weighted by atomic mass is 9.92. The van der Waals surface area contributed by atoms with Gasteiger partial charge in [0.25, 0.3) is 0 Å². The number of Topliss-reactive ketones (excluding diaryl/α,β-unsaturated/α-hetero) is 1. The van der Waals surface area contributed by atoms with Crippen molar-refractivity contribution in [2.24, 2.45) is 0 Å².